The Morgan fingerprint density at radius 3 is 2.74 bits per heavy atom. The highest BCUT2D eigenvalue weighted by Gasteiger charge is 2.36. The van der Waals surface area contributed by atoms with Crippen LogP contribution in [-0.2, 0) is 12.6 Å². The van der Waals surface area contributed by atoms with Gasteiger partial charge in [-0.3, -0.25) is 4.90 Å². The number of anilines is 1. The molecule has 2 heterocycles. The van der Waals surface area contributed by atoms with Crippen molar-refractivity contribution in [3.63, 3.8) is 0 Å². The van der Waals surface area contributed by atoms with Crippen molar-refractivity contribution >= 4 is 11.8 Å². The van der Waals surface area contributed by atoms with Gasteiger partial charge < -0.3 is 5.11 Å². The lowest BCUT2D eigenvalue weighted by molar-refractivity contribution is -0.141. The van der Waals surface area contributed by atoms with Crippen LogP contribution in [0.1, 0.15) is 31.2 Å². The lowest BCUT2D eigenvalue weighted by Crippen LogP contribution is -2.43. The maximum absolute atomic E-state index is 12.6. The predicted octanol–water partition coefficient (Wildman–Crippen LogP) is 3.31. The maximum Gasteiger partial charge on any atom is 0.433 e. The van der Waals surface area contributed by atoms with Crippen LogP contribution in [0.3, 0.4) is 0 Å². The Bertz CT molecular complexity index is 502. The second-order valence-electron chi connectivity index (χ2n) is 4.41. The van der Waals surface area contributed by atoms with E-state index in [1.54, 1.807) is 0 Å². The number of amides is 1. The van der Waals surface area contributed by atoms with Gasteiger partial charge in [-0.2, -0.15) is 13.2 Å². The second kappa shape index (κ2) is 4.71. The Kier molecular flexibility index (Phi) is 3.38. The number of halogens is 3. The van der Waals surface area contributed by atoms with E-state index in [-0.39, 0.29) is 17.4 Å². The summed E-state index contributed by atoms with van der Waals surface area (Å²) in [6.45, 7) is 1.85. The Morgan fingerprint density at radius 1 is 1.53 bits per heavy atom. The summed E-state index contributed by atoms with van der Waals surface area (Å²) < 4.78 is 37.7. The van der Waals surface area contributed by atoms with Crippen LogP contribution < -0.4 is 4.90 Å². The summed E-state index contributed by atoms with van der Waals surface area (Å²) in [6, 6.07) is 1.82. The number of rotatable bonds is 1. The van der Waals surface area contributed by atoms with Gasteiger partial charge in [-0.1, -0.05) is 6.92 Å². The number of carboxylic acid groups (broad SMARTS) is 1. The number of fused-ring (bicyclic) bond motifs is 1. The molecule has 2 rings (SSSR count). The molecule has 7 heteroatoms. The molecule has 1 aliphatic rings. The van der Waals surface area contributed by atoms with Gasteiger partial charge in [-0.15, -0.1) is 0 Å². The lowest BCUT2D eigenvalue weighted by atomic mass is 9.98. The molecular formula is C12H13F3N2O2. The fraction of sp³-hybridized carbons (Fsp3) is 0.500. The topological polar surface area (TPSA) is 53.4 Å². The van der Waals surface area contributed by atoms with E-state index in [1.807, 2.05) is 6.92 Å². The van der Waals surface area contributed by atoms with Crippen LogP contribution in [0.25, 0.3) is 0 Å². The molecule has 104 valence electrons. The summed E-state index contributed by atoms with van der Waals surface area (Å²) in [5.74, 6) is 0. The van der Waals surface area contributed by atoms with Gasteiger partial charge in [0.1, 0.15) is 5.69 Å². The second-order valence-corrected chi connectivity index (χ2v) is 4.41. The molecule has 1 aliphatic heterocycles. The first-order valence-electron chi connectivity index (χ1n) is 5.94. The van der Waals surface area contributed by atoms with Gasteiger partial charge in [0, 0.05) is 6.04 Å². The zero-order chi connectivity index (χ0) is 14.2. The highest BCUT2D eigenvalue weighted by molar-refractivity contribution is 5.88. The summed E-state index contributed by atoms with van der Waals surface area (Å²) in [6.07, 6.45) is -4.20. The van der Waals surface area contributed by atoms with Crippen molar-refractivity contribution in [3.05, 3.63) is 23.5 Å². The van der Waals surface area contributed by atoms with Gasteiger partial charge in [-0.05, 0) is 31.4 Å². The number of hydrogen-bond donors (Lipinski definition) is 1. The Morgan fingerprint density at radius 2 is 2.21 bits per heavy atom. The fourth-order valence-corrected chi connectivity index (χ4v) is 2.33. The van der Waals surface area contributed by atoms with Crippen LogP contribution in [0.15, 0.2) is 12.1 Å². The third-order valence-electron chi connectivity index (χ3n) is 3.26. The van der Waals surface area contributed by atoms with E-state index < -0.39 is 18.0 Å². The van der Waals surface area contributed by atoms with Crippen LogP contribution in [0.4, 0.5) is 23.7 Å². The molecule has 1 N–H and O–H groups in total. The van der Waals surface area contributed by atoms with Crippen molar-refractivity contribution in [2.45, 2.75) is 38.4 Å². The summed E-state index contributed by atoms with van der Waals surface area (Å²) in [5.41, 5.74) is -0.521. The highest BCUT2D eigenvalue weighted by atomic mass is 19.4. The maximum atomic E-state index is 12.6. The predicted molar refractivity (Wildman–Crippen MR) is 62.1 cm³/mol. The summed E-state index contributed by atoms with van der Waals surface area (Å²) in [4.78, 5) is 15.9. The molecule has 0 aromatic carbocycles. The minimum absolute atomic E-state index is 0.196. The van der Waals surface area contributed by atoms with Gasteiger partial charge in [0.15, 0.2) is 0 Å². The molecule has 1 unspecified atom stereocenters. The Labute approximate surface area is 107 Å². The van der Waals surface area contributed by atoms with Crippen molar-refractivity contribution in [3.8, 4) is 0 Å². The largest absolute Gasteiger partial charge is 0.465 e. The number of hydrogen-bond acceptors (Lipinski definition) is 2. The monoisotopic (exact) mass is 274 g/mol. The third-order valence-corrected chi connectivity index (χ3v) is 3.26. The van der Waals surface area contributed by atoms with Gasteiger partial charge in [0.05, 0.1) is 11.4 Å². The van der Waals surface area contributed by atoms with Crippen LogP contribution in [-0.4, -0.2) is 22.2 Å². The number of carbonyl (C=O) groups is 1. The molecule has 1 aromatic rings. The van der Waals surface area contributed by atoms with Crippen molar-refractivity contribution in [2.75, 3.05) is 4.90 Å². The van der Waals surface area contributed by atoms with Gasteiger partial charge in [-0.25, -0.2) is 9.78 Å². The zero-order valence-electron chi connectivity index (χ0n) is 10.2. The molecule has 0 spiro atoms. The standard InChI is InChI=1S/C12H13F3N2O2/c1-2-7-3-4-8-9(17(7)11(18)19)5-6-10(16-8)12(13,14)15/h5-7H,2-4H2,1H3,(H,18,19). The minimum Gasteiger partial charge on any atom is -0.465 e. The molecule has 1 aromatic heterocycles. The molecule has 0 saturated carbocycles. The smallest absolute Gasteiger partial charge is 0.433 e. The minimum atomic E-state index is -4.51. The Balaban J connectivity index is 2.45. The molecule has 1 atom stereocenters. The van der Waals surface area contributed by atoms with Gasteiger partial charge >= 0.3 is 12.3 Å². The highest BCUT2D eigenvalue weighted by Crippen LogP contribution is 2.35. The quantitative estimate of drug-likeness (QED) is 0.854. The van der Waals surface area contributed by atoms with E-state index in [0.29, 0.717) is 19.3 Å². The molecule has 0 bridgehead atoms. The SMILES string of the molecule is CCC1CCc2nc(C(F)(F)F)ccc2N1C(=O)O. The molecule has 0 saturated heterocycles. The number of alkyl halides is 3. The first-order chi connectivity index (χ1) is 8.84. The lowest BCUT2D eigenvalue weighted by Gasteiger charge is -2.34. The molecule has 4 nitrogen and oxygen atoms in total. The zero-order valence-corrected chi connectivity index (χ0v) is 10.2. The first kappa shape index (κ1) is 13.6. The van der Waals surface area contributed by atoms with E-state index in [1.165, 1.54) is 6.07 Å². The van der Waals surface area contributed by atoms with Crippen LogP contribution in [0.2, 0.25) is 0 Å². The summed E-state index contributed by atoms with van der Waals surface area (Å²) in [7, 11) is 0. The molecule has 19 heavy (non-hydrogen) atoms. The van der Waals surface area contributed by atoms with Crippen LogP contribution in [0.5, 0.6) is 0 Å². The third kappa shape index (κ3) is 2.50. The first-order valence-corrected chi connectivity index (χ1v) is 5.94. The van der Waals surface area contributed by atoms with E-state index >= 15 is 0 Å². The summed E-state index contributed by atoms with van der Waals surface area (Å²) >= 11 is 0. The van der Waals surface area contributed by atoms with E-state index in [4.69, 9.17) is 0 Å². The molecule has 0 fully saturated rings. The van der Waals surface area contributed by atoms with E-state index in [2.05, 4.69) is 4.98 Å². The van der Waals surface area contributed by atoms with Crippen LogP contribution >= 0.6 is 0 Å². The van der Waals surface area contributed by atoms with Crippen molar-refractivity contribution in [2.24, 2.45) is 0 Å². The normalized spacial score (nSPS) is 19.2. The van der Waals surface area contributed by atoms with Crippen LogP contribution in [0, 0.1) is 0 Å². The number of pyridine rings is 1. The van der Waals surface area contributed by atoms with Gasteiger partial charge in [0.2, 0.25) is 0 Å². The molecule has 1 amide bonds. The number of nitrogens with zero attached hydrogens (tertiary/aromatic N) is 2. The van der Waals surface area contributed by atoms with Gasteiger partial charge in [0.25, 0.3) is 0 Å². The fourth-order valence-electron chi connectivity index (χ4n) is 2.33. The van der Waals surface area contributed by atoms with E-state index in [9.17, 15) is 23.1 Å². The number of aryl methyl sites for hydroxylation is 1. The Hall–Kier alpha value is -1.79. The molecular weight excluding hydrogens is 261 g/mol. The number of aromatic nitrogens is 1. The average molecular weight is 274 g/mol. The van der Waals surface area contributed by atoms with Crippen molar-refractivity contribution in [1.29, 1.82) is 0 Å². The molecule has 0 radical (unpaired) electrons. The summed E-state index contributed by atoms with van der Waals surface area (Å²) in [5, 5.41) is 9.19. The van der Waals surface area contributed by atoms with Crippen molar-refractivity contribution < 1.29 is 23.1 Å². The van der Waals surface area contributed by atoms with E-state index in [0.717, 1.165) is 11.0 Å². The molecule has 0 aliphatic carbocycles. The van der Waals surface area contributed by atoms with Crippen molar-refractivity contribution in [1.82, 2.24) is 4.98 Å². The average Bonchev–Trinajstić information content (AvgIpc) is 2.35.